The number of carbonyl (C=O) groups excluding carboxylic acids is 3. The van der Waals surface area contributed by atoms with Gasteiger partial charge < -0.3 is 0 Å². The summed E-state index contributed by atoms with van der Waals surface area (Å²) >= 11 is 0. The Balaban J connectivity index is 1.85. The van der Waals surface area contributed by atoms with Crippen LogP contribution in [0.1, 0.15) is 59.8 Å². The van der Waals surface area contributed by atoms with Crippen molar-refractivity contribution in [3.63, 3.8) is 0 Å². The molecule has 8 heteroatoms. The number of rotatable bonds is 7. The first kappa shape index (κ1) is 22.0. The average Bonchev–Trinajstić information content (AvgIpc) is 2.91. The Hall–Kier alpha value is -0.730. The molecule has 1 aliphatic heterocycles. The van der Waals surface area contributed by atoms with Crippen LogP contribution in [0.15, 0.2) is 0 Å². The molecular formula is C20H32O6S2. The van der Waals surface area contributed by atoms with Crippen LogP contribution in [0.2, 0.25) is 0 Å². The number of hydrogen-bond acceptors (Lipinski definition) is 6. The van der Waals surface area contributed by atoms with E-state index in [2.05, 4.69) is 0 Å². The first-order chi connectivity index (χ1) is 12.8. The SMILES string of the molecule is CC(C)C(=O)CS1(OS(=O)(=O)CC23CCC(CC2=O)C3(C)C)CCC(=O)CC1. The number of ketones is 3. The molecule has 28 heavy (non-hydrogen) atoms. The fourth-order valence-electron chi connectivity index (χ4n) is 5.14. The summed E-state index contributed by atoms with van der Waals surface area (Å²) in [6, 6.07) is 0. The monoisotopic (exact) mass is 432 g/mol. The van der Waals surface area contributed by atoms with Crippen LogP contribution >= 0.6 is 10.3 Å². The van der Waals surface area contributed by atoms with Crippen LogP contribution in [0.4, 0.5) is 0 Å². The molecule has 160 valence electrons. The van der Waals surface area contributed by atoms with E-state index in [9.17, 15) is 22.8 Å². The van der Waals surface area contributed by atoms with Crippen LogP contribution in [0.3, 0.4) is 0 Å². The van der Waals surface area contributed by atoms with E-state index in [0.29, 0.717) is 24.3 Å². The van der Waals surface area contributed by atoms with E-state index in [4.69, 9.17) is 3.63 Å². The Morgan fingerprint density at radius 1 is 1.21 bits per heavy atom. The summed E-state index contributed by atoms with van der Waals surface area (Å²) in [5.74, 6) is 0.505. The van der Waals surface area contributed by atoms with Gasteiger partial charge in [-0.15, -0.1) is 10.3 Å². The Morgan fingerprint density at radius 2 is 1.82 bits per heavy atom. The Morgan fingerprint density at radius 3 is 2.29 bits per heavy atom. The van der Waals surface area contributed by atoms with Gasteiger partial charge in [0.25, 0.3) is 10.1 Å². The quantitative estimate of drug-likeness (QED) is 0.614. The number of hydrogen-bond donors (Lipinski definition) is 0. The summed E-state index contributed by atoms with van der Waals surface area (Å²) in [5.41, 5.74) is -1.25. The summed E-state index contributed by atoms with van der Waals surface area (Å²) in [6.45, 7) is 7.56. The van der Waals surface area contributed by atoms with Crippen LogP contribution in [0, 0.1) is 22.7 Å². The van der Waals surface area contributed by atoms with E-state index >= 15 is 0 Å². The highest BCUT2D eigenvalue weighted by Gasteiger charge is 2.65. The van der Waals surface area contributed by atoms with Crippen LogP contribution < -0.4 is 0 Å². The normalized spacial score (nSPS) is 32.7. The molecule has 1 saturated heterocycles. The van der Waals surface area contributed by atoms with E-state index in [1.807, 2.05) is 13.8 Å². The maximum Gasteiger partial charge on any atom is 0.277 e. The lowest BCUT2D eigenvalue weighted by Gasteiger charge is -2.42. The predicted molar refractivity (Wildman–Crippen MR) is 110 cm³/mol. The molecule has 0 aromatic carbocycles. The topological polar surface area (TPSA) is 94.6 Å². The highest BCUT2D eigenvalue weighted by atomic mass is 32.3. The maximum absolute atomic E-state index is 13.2. The molecule has 0 aromatic heterocycles. The fourth-order valence-corrected chi connectivity index (χ4v) is 11.7. The van der Waals surface area contributed by atoms with Crippen LogP contribution in [0.5, 0.6) is 0 Å². The van der Waals surface area contributed by atoms with Gasteiger partial charge in [0.1, 0.15) is 17.3 Å². The van der Waals surface area contributed by atoms with Crippen molar-refractivity contribution >= 4 is 37.8 Å². The van der Waals surface area contributed by atoms with Crippen molar-refractivity contribution in [3.8, 4) is 0 Å². The van der Waals surface area contributed by atoms with Crippen molar-refractivity contribution < 1.29 is 26.4 Å². The Labute approximate surface area is 169 Å². The first-order valence-electron chi connectivity index (χ1n) is 10.1. The molecule has 2 aliphatic carbocycles. The van der Waals surface area contributed by atoms with Gasteiger partial charge in [0.05, 0.1) is 16.9 Å². The van der Waals surface area contributed by atoms with E-state index in [0.717, 1.165) is 6.42 Å². The van der Waals surface area contributed by atoms with Gasteiger partial charge in [0.2, 0.25) is 0 Å². The fraction of sp³-hybridized carbons (Fsp3) is 0.850. The molecule has 0 amide bonds. The van der Waals surface area contributed by atoms with E-state index in [-0.39, 0.29) is 58.9 Å². The van der Waals surface area contributed by atoms with Crippen LogP contribution in [0.25, 0.3) is 0 Å². The number of Topliss-reactive ketones (excluding diaryl/α,β-unsaturated/α-hetero) is 3. The third-order valence-electron chi connectivity index (χ3n) is 7.37. The van der Waals surface area contributed by atoms with Gasteiger partial charge in [-0.05, 0) is 24.2 Å². The molecule has 1 heterocycles. The zero-order valence-electron chi connectivity index (χ0n) is 17.3. The third kappa shape index (κ3) is 3.72. The van der Waals surface area contributed by atoms with E-state index in [1.165, 1.54) is 0 Å². The second-order valence-electron chi connectivity index (χ2n) is 9.61. The minimum absolute atomic E-state index is 0.0297. The minimum atomic E-state index is -4.01. The molecule has 6 nitrogen and oxygen atoms in total. The second kappa shape index (κ2) is 7.20. The number of carbonyl (C=O) groups is 3. The van der Waals surface area contributed by atoms with Crippen molar-refractivity contribution in [3.05, 3.63) is 0 Å². The first-order valence-corrected chi connectivity index (χ1v) is 13.7. The molecule has 3 fully saturated rings. The highest BCUT2D eigenvalue weighted by Crippen LogP contribution is 2.65. The maximum atomic E-state index is 13.2. The molecule has 0 radical (unpaired) electrons. The molecule has 2 unspecified atom stereocenters. The molecule has 3 rings (SSSR count). The molecule has 3 aliphatic rings. The van der Waals surface area contributed by atoms with Crippen molar-refractivity contribution in [1.29, 1.82) is 0 Å². The van der Waals surface area contributed by atoms with E-state index in [1.54, 1.807) is 13.8 Å². The lowest BCUT2D eigenvalue weighted by molar-refractivity contribution is -0.128. The zero-order chi connectivity index (χ0) is 21.0. The largest absolute Gasteiger partial charge is 0.300 e. The van der Waals surface area contributed by atoms with Crippen molar-refractivity contribution in [1.82, 2.24) is 0 Å². The van der Waals surface area contributed by atoms with Gasteiger partial charge in [-0.25, -0.2) is 3.63 Å². The standard InChI is InChI=1S/C20H32O6S2/c1-14(2)17(22)12-27(9-6-16(21)7-10-27)26-28(24,25)13-20-8-5-15(11-18(20)23)19(20,3)4/h14-15H,5-13H2,1-4H3. The predicted octanol–water partition coefficient (Wildman–Crippen LogP) is 3.04. The Bertz CT molecular complexity index is 788. The molecule has 0 aromatic rings. The van der Waals surface area contributed by atoms with E-state index < -0.39 is 25.8 Å². The highest BCUT2D eigenvalue weighted by molar-refractivity contribution is 8.33. The summed E-state index contributed by atoms with van der Waals surface area (Å²) in [6.07, 6.45) is 2.41. The average molecular weight is 433 g/mol. The van der Waals surface area contributed by atoms with Crippen molar-refractivity contribution in [2.45, 2.75) is 59.8 Å². The molecule has 2 saturated carbocycles. The van der Waals surface area contributed by atoms with Gasteiger partial charge in [-0.2, -0.15) is 8.42 Å². The summed E-state index contributed by atoms with van der Waals surface area (Å²) < 4.78 is 32.1. The summed E-state index contributed by atoms with van der Waals surface area (Å²) in [5, 5.41) is 0. The lowest BCUT2D eigenvalue weighted by atomic mass is 9.70. The molecule has 2 atom stereocenters. The van der Waals surface area contributed by atoms with Crippen molar-refractivity contribution in [2.24, 2.45) is 22.7 Å². The Kier molecular flexibility index (Phi) is 5.65. The summed E-state index contributed by atoms with van der Waals surface area (Å²) in [4.78, 5) is 36.9. The van der Waals surface area contributed by atoms with Gasteiger partial charge in [0.15, 0.2) is 0 Å². The van der Waals surface area contributed by atoms with Crippen LogP contribution in [-0.4, -0.2) is 48.8 Å². The summed E-state index contributed by atoms with van der Waals surface area (Å²) in [7, 11) is -6.23. The minimum Gasteiger partial charge on any atom is -0.300 e. The van der Waals surface area contributed by atoms with Gasteiger partial charge >= 0.3 is 0 Å². The molecule has 2 bridgehead atoms. The third-order valence-corrected chi connectivity index (χ3v) is 12.9. The second-order valence-corrected chi connectivity index (χ2v) is 14.6. The van der Waals surface area contributed by atoms with Crippen molar-refractivity contribution in [2.75, 3.05) is 23.0 Å². The molecule has 0 N–H and O–H groups in total. The van der Waals surface area contributed by atoms with Gasteiger partial charge in [-0.1, -0.05) is 27.7 Å². The van der Waals surface area contributed by atoms with Gasteiger partial charge in [-0.3, -0.25) is 14.4 Å². The zero-order valence-corrected chi connectivity index (χ0v) is 18.9. The molecular weight excluding hydrogens is 400 g/mol. The molecule has 0 spiro atoms. The number of fused-ring (bicyclic) bond motifs is 2. The van der Waals surface area contributed by atoms with Gasteiger partial charge in [0, 0.05) is 36.7 Å². The van der Waals surface area contributed by atoms with Crippen LogP contribution in [-0.2, 0) is 28.1 Å². The smallest absolute Gasteiger partial charge is 0.277 e. The lowest BCUT2D eigenvalue weighted by Crippen LogP contribution is -2.43.